The number of nitrogens with one attached hydrogen (secondary N) is 1. The molecule has 2 rings (SSSR count). The molecule has 0 saturated carbocycles. The summed E-state index contributed by atoms with van der Waals surface area (Å²) in [6, 6.07) is 1.43. The summed E-state index contributed by atoms with van der Waals surface area (Å²) in [7, 11) is 4.00. The predicted molar refractivity (Wildman–Crippen MR) is 70.2 cm³/mol. The minimum Gasteiger partial charge on any atom is -0.390 e. The molecular formula is C13H27N3O. The van der Waals surface area contributed by atoms with Crippen molar-refractivity contribution in [3.05, 3.63) is 0 Å². The molecule has 0 aromatic rings. The number of rotatable bonds is 5. The lowest BCUT2D eigenvalue weighted by Crippen LogP contribution is -2.48. The van der Waals surface area contributed by atoms with Gasteiger partial charge in [0.2, 0.25) is 0 Å². The van der Waals surface area contributed by atoms with Crippen molar-refractivity contribution in [1.82, 2.24) is 15.1 Å². The van der Waals surface area contributed by atoms with E-state index < -0.39 is 0 Å². The van der Waals surface area contributed by atoms with E-state index in [0.29, 0.717) is 6.04 Å². The molecule has 2 aliphatic rings. The number of aliphatic hydroxyl groups excluding tert-OH is 1. The molecule has 100 valence electrons. The van der Waals surface area contributed by atoms with E-state index in [4.69, 9.17) is 0 Å². The largest absolute Gasteiger partial charge is 0.390 e. The number of fused-ring (bicyclic) bond motifs is 1. The Kier molecular flexibility index (Phi) is 4.79. The smallest absolute Gasteiger partial charge is 0.0791 e. The Bertz CT molecular complexity index is 235. The molecular weight excluding hydrogens is 214 g/mol. The Labute approximate surface area is 105 Å². The van der Waals surface area contributed by atoms with E-state index in [-0.39, 0.29) is 6.10 Å². The summed E-state index contributed by atoms with van der Waals surface area (Å²) in [5.41, 5.74) is 0. The number of hydrogen-bond donors (Lipinski definition) is 2. The van der Waals surface area contributed by atoms with Crippen molar-refractivity contribution in [1.29, 1.82) is 0 Å². The monoisotopic (exact) mass is 241 g/mol. The van der Waals surface area contributed by atoms with Crippen molar-refractivity contribution >= 4 is 0 Å². The number of piperidine rings is 1. The molecule has 3 unspecified atom stereocenters. The Hall–Kier alpha value is -0.160. The van der Waals surface area contributed by atoms with Gasteiger partial charge in [0, 0.05) is 25.2 Å². The van der Waals surface area contributed by atoms with E-state index in [1.54, 1.807) is 0 Å². The van der Waals surface area contributed by atoms with Gasteiger partial charge >= 0.3 is 0 Å². The van der Waals surface area contributed by atoms with Gasteiger partial charge in [-0.25, -0.2) is 0 Å². The van der Waals surface area contributed by atoms with Gasteiger partial charge in [-0.15, -0.1) is 0 Å². The van der Waals surface area contributed by atoms with Crippen molar-refractivity contribution in [3.63, 3.8) is 0 Å². The van der Waals surface area contributed by atoms with Crippen molar-refractivity contribution in [3.8, 4) is 0 Å². The van der Waals surface area contributed by atoms with Crippen molar-refractivity contribution in [2.75, 3.05) is 40.3 Å². The molecule has 2 fully saturated rings. The molecule has 2 saturated heterocycles. The minimum atomic E-state index is -0.244. The van der Waals surface area contributed by atoms with Gasteiger partial charge < -0.3 is 20.2 Å². The molecule has 0 spiro atoms. The van der Waals surface area contributed by atoms with Crippen molar-refractivity contribution in [2.45, 2.75) is 43.9 Å². The second kappa shape index (κ2) is 6.14. The zero-order valence-electron chi connectivity index (χ0n) is 11.2. The third-order valence-electron chi connectivity index (χ3n) is 4.04. The van der Waals surface area contributed by atoms with Gasteiger partial charge in [-0.05, 0) is 52.9 Å². The van der Waals surface area contributed by atoms with Gasteiger partial charge in [-0.2, -0.15) is 0 Å². The molecule has 17 heavy (non-hydrogen) atoms. The molecule has 0 aliphatic carbocycles. The van der Waals surface area contributed by atoms with E-state index in [2.05, 4.69) is 10.2 Å². The molecule has 3 atom stereocenters. The quantitative estimate of drug-likeness (QED) is 0.717. The van der Waals surface area contributed by atoms with Crippen molar-refractivity contribution < 1.29 is 5.11 Å². The number of aliphatic hydroxyl groups is 1. The first kappa shape index (κ1) is 13.3. The van der Waals surface area contributed by atoms with Crippen molar-refractivity contribution in [2.24, 2.45) is 0 Å². The van der Waals surface area contributed by atoms with Crippen LogP contribution in [0.15, 0.2) is 0 Å². The number of nitrogens with zero attached hydrogens (tertiary/aromatic N) is 2. The molecule has 0 bridgehead atoms. The topological polar surface area (TPSA) is 38.7 Å². The Balaban J connectivity index is 1.66. The SMILES string of the molecule is CN(C)CC(O)CNC1CCN2CCCC2C1. The molecule has 0 aromatic carbocycles. The number of hydrogen-bond acceptors (Lipinski definition) is 4. The maximum atomic E-state index is 9.82. The van der Waals surface area contributed by atoms with Crippen LogP contribution < -0.4 is 5.32 Å². The first-order valence-corrected chi connectivity index (χ1v) is 6.95. The van der Waals surface area contributed by atoms with E-state index >= 15 is 0 Å². The Morgan fingerprint density at radius 2 is 2.18 bits per heavy atom. The normalized spacial score (nSPS) is 31.8. The van der Waals surface area contributed by atoms with E-state index in [1.165, 1.54) is 38.8 Å². The van der Waals surface area contributed by atoms with Crippen LogP contribution in [0.2, 0.25) is 0 Å². The first-order chi connectivity index (χ1) is 8.15. The lowest BCUT2D eigenvalue weighted by atomic mass is 9.97. The van der Waals surface area contributed by atoms with Crippen LogP contribution in [-0.2, 0) is 0 Å². The van der Waals surface area contributed by atoms with Crippen LogP contribution in [-0.4, -0.2) is 73.4 Å². The summed E-state index contributed by atoms with van der Waals surface area (Å²) in [6.07, 6.45) is 5.02. The second-order valence-corrected chi connectivity index (χ2v) is 5.88. The van der Waals surface area contributed by atoms with Crippen LogP contribution in [0.5, 0.6) is 0 Å². The molecule has 4 heteroatoms. The van der Waals surface area contributed by atoms with Gasteiger partial charge in [0.15, 0.2) is 0 Å². The van der Waals surface area contributed by atoms with Crippen LogP contribution >= 0.6 is 0 Å². The Morgan fingerprint density at radius 1 is 1.35 bits per heavy atom. The third-order valence-corrected chi connectivity index (χ3v) is 4.04. The fraction of sp³-hybridized carbons (Fsp3) is 1.00. The summed E-state index contributed by atoms with van der Waals surface area (Å²) < 4.78 is 0. The van der Waals surface area contributed by atoms with E-state index in [9.17, 15) is 5.11 Å². The highest BCUT2D eigenvalue weighted by Gasteiger charge is 2.31. The maximum absolute atomic E-state index is 9.82. The van der Waals surface area contributed by atoms with Gasteiger partial charge in [0.05, 0.1) is 6.10 Å². The minimum absolute atomic E-state index is 0.244. The van der Waals surface area contributed by atoms with Gasteiger partial charge in [-0.1, -0.05) is 0 Å². The predicted octanol–water partition coefficient (Wildman–Crippen LogP) is 0.125. The maximum Gasteiger partial charge on any atom is 0.0791 e. The summed E-state index contributed by atoms with van der Waals surface area (Å²) in [5, 5.41) is 13.4. The summed E-state index contributed by atoms with van der Waals surface area (Å²) in [4.78, 5) is 4.67. The average Bonchev–Trinajstić information content (AvgIpc) is 2.72. The van der Waals surface area contributed by atoms with Gasteiger partial charge in [0.1, 0.15) is 0 Å². The zero-order chi connectivity index (χ0) is 12.3. The van der Waals surface area contributed by atoms with Gasteiger partial charge in [-0.3, -0.25) is 0 Å². The zero-order valence-corrected chi connectivity index (χ0v) is 11.2. The number of likely N-dealkylation sites (N-methyl/N-ethyl adjacent to an activating group) is 1. The molecule has 0 amide bonds. The van der Waals surface area contributed by atoms with Crippen LogP contribution in [0.1, 0.15) is 25.7 Å². The second-order valence-electron chi connectivity index (χ2n) is 5.88. The molecule has 2 N–H and O–H groups in total. The fourth-order valence-electron chi connectivity index (χ4n) is 3.20. The first-order valence-electron chi connectivity index (χ1n) is 6.95. The highest BCUT2D eigenvalue weighted by atomic mass is 16.3. The molecule has 0 radical (unpaired) electrons. The standard InChI is InChI=1S/C13H27N3O/c1-15(2)10-13(17)9-14-11-5-7-16-6-3-4-12(16)8-11/h11-14,17H,3-10H2,1-2H3. The van der Waals surface area contributed by atoms with E-state index in [1.807, 2.05) is 19.0 Å². The lowest BCUT2D eigenvalue weighted by Gasteiger charge is -2.35. The molecule has 4 nitrogen and oxygen atoms in total. The molecule has 2 heterocycles. The fourth-order valence-corrected chi connectivity index (χ4v) is 3.20. The van der Waals surface area contributed by atoms with Gasteiger partial charge in [0.25, 0.3) is 0 Å². The molecule has 2 aliphatic heterocycles. The summed E-state index contributed by atoms with van der Waals surface area (Å²) in [5.74, 6) is 0. The molecule has 0 aromatic heterocycles. The highest BCUT2D eigenvalue weighted by Crippen LogP contribution is 2.26. The average molecular weight is 241 g/mol. The van der Waals surface area contributed by atoms with E-state index in [0.717, 1.165) is 19.1 Å². The van der Waals surface area contributed by atoms with Crippen LogP contribution in [0.3, 0.4) is 0 Å². The lowest BCUT2D eigenvalue weighted by molar-refractivity contribution is 0.117. The highest BCUT2D eigenvalue weighted by molar-refractivity contribution is 4.89. The van der Waals surface area contributed by atoms with Crippen LogP contribution in [0.4, 0.5) is 0 Å². The summed E-state index contributed by atoms with van der Waals surface area (Å²) >= 11 is 0. The third kappa shape index (κ3) is 3.91. The van der Waals surface area contributed by atoms with Crippen LogP contribution in [0, 0.1) is 0 Å². The van der Waals surface area contributed by atoms with Crippen LogP contribution in [0.25, 0.3) is 0 Å². The summed E-state index contributed by atoms with van der Waals surface area (Å²) in [6.45, 7) is 4.03. The Morgan fingerprint density at radius 3 is 2.94 bits per heavy atom.